The Morgan fingerprint density at radius 2 is 2.08 bits per heavy atom. The number of hydrogen-bond donors (Lipinski definition) is 3. The minimum atomic E-state index is -1.26. The maximum Gasteiger partial charge on any atom is 0.322 e. The Labute approximate surface area is 152 Å². The first-order chi connectivity index (χ1) is 12.4. The second kappa shape index (κ2) is 7.19. The van der Waals surface area contributed by atoms with Crippen molar-refractivity contribution in [2.24, 2.45) is 0 Å². The number of halogens is 1. The summed E-state index contributed by atoms with van der Waals surface area (Å²) < 4.78 is 6.65. The van der Waals surface area contributed by atoms with Gasteiger partial charge in [0.1, 0.15) is 17.9 Å². The van der Waals surface area contributed by atoms with Crippen LogP contribution in [0.5, 0.6) is 5.75 Å². The lowest BCUT2D eigenvalue weighted by molar-refractivity contribution is -0.135. The number of fused-ring (bicyclic) bond motifs is 1. The van der Waals surface area contributed by atoms with Crippen molar-refractivity contribution in [3.63, 3.8) is 0 Å². The van der Waals surface area contributed by atoms with Gasteiger partial charge in [-0.3, -0.25) is 14.4 Å². The van der Waals surface area contributed by atoms with Crippen LogP contribution in [-0.2, 0) is 29.3 Å². The zero-order valence-electron chi connectivity index (χ0n) is 13.5. The molecule has 0 saturated heterocycles. The highest BCUT2D eigenvalue weighted by atomic mass is 35.5. The molecule has 0 spiro atoms. The van der Waals surface area contributed by atoms with Gasteiger partial charge in [0.2, 0.25) is 0 Å². The number of ether oxygens (including phenoxy) is 1. The number of hydrogen-bond acceptors (Lipinski definition) is 5. The number of aliphatic carboxylic acids is 1. The van der Waals surface area contributed by atoms with Crippen LogP contribution in [0, 0.1) is 0 Å². The van der Waals surface area contributed by atoms with Crippen LogP contribution >= 0.6 is 11.6 Å². The fourth-order valence-corrected chi connectivity index (χ4v) is 3.02. The lowest BCUT2D eigenvalue weighted by atomic mass is 10.1. The van der Waals surface area contributed by atoms with Crippen molar-refractivity contribution >= 4 is 23.5 Å². The van der Waals surface area contributed by atoms with E-state index in [9.17, 15) is 19.5 Å². The molecule has 9 heteroatoms. The Balaban J connectivity index is 2.08. The number of rotatable bonds is 5. The summed E-state index contributed by atoms with van der Waals surface area (Å²) in [6, 6.07) is 6.90. The lowest BCUT2D eigenvalue weighted by Crippen LogP contribution is -2.37. The molecule has 1 aliphatic rings. The molecule has 2 aromatic rings. The number of carbonyl (C=O) groups is 2. The number of nitrogens with zero attached hydrogens (tertiary/aromatic N) is 1. The van der Waals surface area contributed by atoms with Crippen LogP contribution in [0.1, 0.15) is 27.2 Å². The average Bonchev–Trinajstić information content (AvgIpc) is 3.07. The number of nitrogens with one attached hydrogen (secondary N) is 1. The minimum Gasteiger partial charge on any atom is -0.506 e. The highest BCUT2D eigenvalue weighted by Crippen LogP contribution is 2.30. The summed E-state index contributed by atoms with van der Waals surface area (Å²) in [4.78, 5) is 35.7. The Bertz CT molecular complexity index is 953. The van der Waals surface area contributed by atoms with Crippen molar-refractivity contribution in [1.82, 2.24) is 9.88 Å². The summed E-state index contributed by atoms with van der Waals surface area (Å²) in [6.07, 6.45) is 0. The van der Waals surface area contributed by atoms with Gasteiger partial charge in [-0.05, 0) is 17.7 Å². The number of carboxylic acid groups (broad SMARTS) is 1. The maximum absolute atomic E-state index is 12.8. The first-order valence-corrected chi connectivity index (χ1v) is 8.06. The molecule has 0 aliphatic carbocycles. The van der Waals surface area contributed by atoms with Gasteiger partial charge >= 0.3 is 5.97 Å². The number of pyridine rings is 1. The van der Waals surface area contributed by atoms with Gasteiger partial charge < -0.3 is 24.8 Å². The number of carboxylic acids is 1. The molecule has 26 heavy (non-hydrogen) atoms. The van der Waals surface area contributed by atoms with E-state index in [1.165, 1.54) is 4.57 Å². The van der Waals surface area contributed by atoms with Crippen LogP contribution in [0.15, 0.2) is 29.1 Å². The van der Waals surface area contributed by atoms with Gasteiger partial charge in [0, 0.05) is 10.6 Å². The van der Waals surface area contributed by atoms with Crippen molar-refractivity contribution < 1.29 is 24.5 Å². The summed E-state index contributed by atoms with van der Waals surface area (Å²) >= 11 is 5.97. The second-order valence-corrected chi connectivity index (χ2v) is 6.18. The summed E-state index contributed by atoms with van der Waals surface area (Å²) in [5.74, 6) is -2.70. The molecule has 0 atom stereocenters. The molecule has 2 heterocycles. The van der Waals surface area contributed by atoms with Crippen molar-refractivity contribution in [2.75, 3.05) is 6.54 Å². The summed E-state index contributed by atoms with van der Waals surface area (Å²) in [6.45, 7) is -0.365. The SMILES string of the molecule is O=C(O)CNC(=O)c1c(O)c2c(n(Cc3cccc(Cl)c3)c1=O)COC2. The van der Waals surface area contributed by atoms with Gasteiger partial charge in [0.05, 0.1) is 25.5 Å². The van der Waals surface area contributed by atoms with E-state index in [0.29, 0.717) is 16.3 Å². The molecule has 3 N–H and O–H groups in total. The molecule has 1 aromatic carbocycles. The quantitative estimate of drug-likeness (QED) is 0.717. The van der Waals surface area contributed by atoms with Gasteiger partial charge in [-0.1, -0.05) is 23.7 Å². The third kappa shape index (κ3) is 3.42. The van der Waals surface area contributed by atoms with Crippen molar-refractivity contribution in [3.05, 3.63) is 62.0 Å². The van der Waals surface area contributed by atoms with E-state index in [1.807, 2.05) is 0 Å². The van der Waals surface area contributed by atoms with Crippen LogP contribution in [0.25, 0.3) is 0 Å². The molecule has 0 bridgehead atoms. The molecule has 3 rings (SSSR count). The number of amides is 1. The average molecular weight is 379 g/mol. The number of benzene rings is 1. The zero-order chi connectivity index (χ0) is 18.8. The number of carbonyl (C=O) groups excluding carboxylic acids is 1. The molecule has 136 valence electrons. The Kier molecular flexibility index (Phi) is 4.97. The summed E-state index contributed by atoms with van der Waals surface area (Å²) in [5.41, 5.74) is 0.317. The van der Waals surface area contributed by atoms with Gasteiger partial charge in [-0.25, -0.2) is 0 Å². The summed E-state index contributed by atoms with van der Waals surface area (Å²) in [5, 5.41) is 21.6. The fraction of sp³-hybridized carbons (Fsp3) is 0.235. The topological polar surface area (TPSA) is 118 Å². The van der Waals surface area contributed by atoms with E-state index in [2.05, 4.69) is 5.32 Å². The van der Waals surface area contributed by atoms with Crippen molar-refractivity contribution in [1.29, 1.82) is 0 Å². The van der Waals surface area contributed by atoms with Crippen molar-refractivity contribution in [3.8, 4) is 5.75 Å². The van der Waals surface area contributed by atoms with E-state index in [0.717, 1.165) is 5.56 Å². The third-order valence-corrected chi connectivity index (χ3v) is 4.23. The molecule has 1 aromatic heterocycles. The predicted octanol–water partition coefficient (Wildman–Crippen LogP) is 1.10. The minimum absolute atomic E-state index is 0.0518. The standard InChI is InChI=1S/C17H15ClN2O6/c18-10-3-1-2-9(4-10)6-20-12-8-26-7-11(12)15(23)14(17(20)25)16(24)19-5-13(21)22/h1-4,23H,5-8H2,(H,19,24)(H,21,22). The van der Waals surface area contributed by atoms with E-state index in [4.69, 9.17) is 21.4 Å². The highest BCUT2D eigenvalue weighted by Gasteiger charge is 2.29. The highest BCUT2D eigenvalue weighted by molar-refractivity contribution is 6.30. The Hall–Kier alpha value is -2.84. The van der Waals surface area contributed by atoms with Gasteiger partial charge in [-0.15, -0.1) is 0 Å². The molecular weight excluding hydrogens is 364 g/mol. The van der Waals surface area contributed by atoms with Gasteiger partial charge in [0.25, 0.3) is 11.5 Å². The van der Waals surface area contributed by atoms with E-state index >= 15 is 0 Å². The normalized spacial score (nSPS) is 12.7. The molecule has 1 aliphatic heterocycles. The molecular formula is C17H15ClN2O6. The van der Waals surface area contributed by atoms with Crippen LogP contribution in [0.4, 0.5) is 0 Å². The molecule has 0 radical (unpaired) electrons. The largest absolute Gasteiger partial charge is 0.506 e. The monoisotopic (exact) mass is 378 g/mol. The molecule has 0 fully saturated rings. The molecule has 8 nitrogen and oxygen atoms in total. The Morgan fingerprint density at radius 3 is 2.77 bits per heavy atom. The number of aromatic hydroxyl groups is 1. The van der Waals surface area contributed by atoms with Crippen molar-refractivity contribution in [2.45, 2.75) is 19.8 Å². The first-order valence-electron chi connectivity index (χ1n) is 7.68. The second-order valence-electron chi connectivity index (χ2n) is 5.74. The molecule has 1 amide bonds. The zero-order valence-corrected chi connectivity index (χ0v) is 14.2. The lowest BCUT2D eigenvalue weighted by Gasteiger charge is -2.15. The smallest absolute Gasteiger partial charge is 0.322 e. The van der Waals surface area contributed by atoms with E-state index in [1.54, 1.807) is 24.3 Å². The van der Waals surface area contributed by atoms with E-state index < -0.39 is 35.3 Å². The Morgan fingerprint density at radius 1 is 1.31 bits per heavy atom. The van der Waals surface area contributed by atoms with Crippen LogP contribution in [0.3, 0.4) is 0 Å². The summed E-state index contributed by atoms with van der Waals surface area (Å²) in [7, 11) is 0. The third-order valence-electron chi connectivity index (χ3n) is 4.00. The number of aromatic nitrogens is 1. The first kappa shape index (κ1) is 18.0. The maximum atomic E-state index is 12.8. The van der Waals surface area contributed by atoms with Crippen LogP contribution < -0.4 is 10.9 Å². The van der Waals surface area contributed by atoms with Gasteiger partial charge in [-0.2, -0.15) is 0 Å². The molecule has 0 unspecified atom stereocenters. The van der Waals surface area contributed by atoms with Gasteiger partial charge in [0.15, 0.2) is 0 Å². The molecule has 0 saturated carbocycles. The fourth-order valence-electron chi connectivity index (χ4n) is 2.81. The van der Waals surface area contributed by atoms with Crippen LogP contribution in [0.2, 0.25) is 5.02 Å². The van der Waals surface area contributed by atoms with E-state index in [-0.39, 0.29) is 19.8 Å². The predicted molar refractivity (Wildman–Crippen MR) is 91.4 cm³/mol. The van der Waals surface area contributed by atoms with Crippen LogP contribution in [-0.4, -0.2) is 33.2 Å².